The van der Waals surface area contributed by atoms with Crippen LogP contribution in [0.1, 0.15) is 26.3 Å². The third-order valence-electron chi connectivity index (χ3n) is 4.83. The molecule has 0 aliphatic carbocycles. The molecule has 2 rings (SSSR count). The van der Waals surface area contributed by atoms with Crippen LogP contribution in [0.2, 0.25) is 0 Å². The number of likely N-dealkylation sites (N-methyl/N-ethyl adjacent to an activating group) is 2. The van der Waals surface area contributed by atoms with Crippen LogP contribution in [0.15, 0.2) is 48.5 Å². The van der Waals surface area contributed by atoms with Crippen LogP contribution < -0.4 is 10.6 Å². The van der Waals surface area contributed by atoms with Gasteiger partial charge >= 0.3 is 0 Å². The SMILES string of the molecule is CCN(CC(=O)Nc1ccc(NC(C)=O)cc1)C(C)C(=O)N(C)Cc1cccc(F)c1. The molecule has 7 nitrogen and oxygen atoms in total. The number of anilines is 2. The highest BCUT2D eigenvalue weighted by Gasteiger charge is 2.25. The Morgan fingerprint density at radius 3 is 2.19 bits per heavy atom. The van der Waals surface area contributed by atoms with Gasteiger partial charge in [0.2, 0.25) is 17.7 Å². The number of halogens is 1. The Balaban J connectivity index is 1.93. The lowest BCUT2D eigenvalue weighted by molar-refractivity contribution is -0.136. The maximum atomic E-state index is 13.4. The smallest absolute Gasteiger partial charge is 0.239 e. The third kappa shape index (κ3) is 7.49. The van der Waals surface area contributed by atoms with Gasteiger partial charge in [0.05, 0.1) is 12.6 Å². The fourth-order valence-corrected chi connectivity index (χ4v) is 3.21. The van der Waals surface area contributed by atoms with Crippen molar-refractivity contribution >= 4 is 29.1 Å². The molecule has 0 saturated heterocycles. The zero-order chi connectivity index (χ0) is 23.0. The summed E-state index contributed by atoms with van der Waals surface area (Å²) < 4.78 is 13.4. The highest BCUT2D eigenvalue weighted by Crippen LogP contribution is 2.14. The van der Waals surface area contributed by atoms with Crippen LogP contribution in [0.5, 0.6) is 0 Å². The topological polar surface area (TPSA) is 81.8 Å². The molecular weight excluding hydrogens is 399 g/mol. The lowest BCUT2D eigenvalue weighted by Gasteiger charge is -2.30. The molecule has 0 aliphatic rings. The first-order chi connectivity index (χ1) is 14.7. The van der Waals surface area contributed by atoms with Crippen LogP contribution in [0.3, 0.4) is 0 Å². The Kier molecular flexibility index (Phi) is 8.69. The van der Waals surface area contributed by atoms with E-state index < -0.39 is 6.04 Å². The summed E-state index contributed by atoms with van der Waals surface area (Å²) in [4.78, 5) is 39.7. The van der Waals surface area contributed by atoms with Crippen LogP contribution in [0, 0.1) is 5.82 Å². The van der Waals surface area contributed by atoms with Gasteiger partial charge in [-0.3, -0.25) is 19.3 Å². The summed E-state index contributed by atoms with van der Waals surface area (Å²) in [5.41, 5.74) is 1.94. The van der Waals surface area contributed by atoms with Gasteiger partial charge in [0.25, 0.3) is 0 Å². The number of carbonyl (C=O) groups is 3. The molecule has 0 bridgehead atoms. The Labute approximate surface area is 182 Å². The summed E-state index contributed by atoms with van der Waals surface area (Å²) in [6.45, 7) is 5.90. The molecule has 0 radical (unpaired) electrons. The van der Waals surface area contributed by atoms with Crippen molar-refractivity contribution in [3.63, 3.8) is 0 Å². The first-order valence-corrected chi connectivity index (χ1v) is 10.1. The minimum atomic E-state index is -0.517. The molecule has 166 valence electrons. The third-order valence-corrected chi connectivity index (χ3v) is 4.83. The molecule has 31 heavy (non-hydrogen) atoms. The van der Waals surface area contributed by atoms with Crippen molar-refractivity contribution in [2.24, 2.45) is 0 Å². The van der Waals surface area contributed by atoms with Crippen molar-refractivity contribution in [3.8, 4) is 0 Å². The van der Waals surface area contributed by atoms with E-state index in [0.717, 1.165) is 0 Å². The summed E-state index contributed by atoms with van der Waals surface area (Å²) in [5.74, 6) is -0.917. The lowest BCUT2D eigenvalue weighted by Crippen LogP contribution is -2.48. The van der Waals surface area contributed by atoms with E-state index in [4.69, 9.17) is 0 Å². The first-order valence-electron chi connectivity index (χ1n) is 10.1. The van der Waals surface area contributed by atoms with E-state index in [-0.39, 0.29) is 36.6 Å². The molecule has 1 atom stereocenters. The van der Waals surface area contributed by atoms with Gasteiger partial charge in [-0.1, -0.05) is 19.1 Å². The number of hydrogen-bond donors (Lipinski definition) is 2. The monoisotopic (exact) mass is 428 g/mol. The molecule has 8 heteroatoms. The molecule has 0 aliphatic heterocycles. The summed E-state index contributed by atoms with van der Waals surface area (Å²) >= 11 is 0. The summed E-state index contributed by atoms with van der Waals surface area (Å²) in [5, 5.41) is 5.46. The van der Waals surface area contributed by atoms with E-state index in [0.29, 0.717) is 23.5 Å². The minimum Gasteiger partial charge on any atom is -0.340 e. The Morgan fingerprint density at radius 2 is 1.65 bits per heavy atom. The van der Waals surface area contributed by atoms with Crippen LogP contribution in [0.4, 0.5) is 15.8 Å². The largest absolute Gasteiger partial charge is 0.340 e. The predicted molar refractivity (Wildman–Crippen MR) is 119 cm³/mol. The highest BCUT2D eigenvalue weighted by atomic mass is 19.1. The molecular formula is C23H29FN4O3. The standard InChI is InChI=1S/C23H29FN4O3/c1-5-28(15-22(30)26-21-11-9-20(10-12-21)25-17(3)29)16(2)23(31)27(4)14-18-7-6-8-19(24)13-18/h6-13,16H,5,14-15H2,1-4H3,(H,25,29)(H,26,30). The molecule has 2 aromatic carbocycles. The van der Waals surface area contributed by atoms with Crippen molar-refractivity contribution < 1.29 is 18.8 Å². The van der Waals surface area contributed by atoms with Crippen molar-refractivity contribution in [3.05, 3.63) is 59.9 Å². The first kappa shape index (κ1) is 24.0. The molecule has 2 aromatic rings. The van der Waals surface area contributed by atoms with E-state index >= 15 is 0 Å². The zero-order valence-corrected chi connectivity index (χ0v) is 18.3. The van der Waals surface area contributed by atoms with Gasteiger partial charge in [0, 0.05) is 31.9 Å². The average molecular weight is 429 g/mol. The summed E-state index contributed by atoms with van der Waals surface area (Å²) in [6, 6.07) is 12.4. The molecule has 0 aromatic heterocycles. The van der Waals surface area contributed by atoms with Gasteiger partial charge in [0.15, 0.2) is 0 Å². The molecule has 1 unspecified atom stereocenters. The van der Waals surface area contributed by atoms with Crippen molar-refractivity contribution in [1.29, 1.82) is 0 Å². The lowest BCUT2D eigenvalue weighted by atomic mass is 10.2. The van der Waals surface area contributed by atoms with E-state index in [1.165, 1.54) is 24.0 Å². The van der Waals surface area contributed by atoms with E-state index in [2.05, 4.69) is 10.6 Å². The maximum absolute atomic E-state index is 13.4. The van der Waals surface area contributed by atoms with Gasteiger partial charge < -0.3 is 15.5 Å². The summed E-state index contributed by atoms with van der Waals surface area (Å²) in [6.07, 6.45) is 0. The minimum absolute atomic E-state index is 0.0463. The van der Waals surface area contributed by atoms with Gasteiger partial charge in [0.1, 0.15) is 5.82 Å². The fourth-order valence-electron chi connectivity index (χ4n) is 3.21. The average Bonchev–Trinajstić information content (AvgIpc) is 2.72. The molecule has 3 amide bonds. The van der Waals surface area contributed by atoms with Gasteiger partial charge in [-0.2, -0.15) is 0 Å². The Bertz CT molecular complexity index is 917. The number of hydrogen-bond acceptors (Lipinski definition) is 4. The van der Waals surface area contributed by atoms with Crippen molar-refractivity contribution in [2.75, 3.05) is 30.8 Å². The number of benzene rings is 2. The highest BCUT2D eigenvalue weighted by molar-refractivity contribution is 5.93. The van der Waals surface area contributed by atoms with Crippen molar-refractivity contribution in [1.82, 2.24) is 9.80 Å². The molecule has 0 spiro atoms. The van der Waals surface area contributed by atoms with E-state index in [9.17, 15) is 18.8 Å². The predicted octanol–water partition coefficient (Wildman–Crippen LogP) is 3.09. The number of carbonyl (C=O) groups excluding carboxylic acids is 3. The second-order valence-electron chi connectivity index (χ2n) is 7.37. The van der Waals surface area contributed by atoms with Crippen LogP contribution in [0.25, 0.3) is 0 Å². The normalized spacial score (nSPS) is 11.7. The Morgan fingerprint density at radius 1 is 1.03 bits per heavy atom. The summed E-state index contributed by atoms with van der Waals surface area (Å²) in [7, 11) is 1.66. The molecule has 0 fully saturated rings. The number of nitrogens with one attached hydrogen (secondary N) is 2. The second kappa shape index (κ2) is 11.2. The maximum Gasteiger partial charge on any atom is 0.239 e. The van der Waals surface area contributed by atoms with Crippen molar-refractivity contribution in [2.45, 2.75) is 33.4 Å². The van der Waals surface area contributed by atoms with E-state index in [1.807, 2.05) is 6.92 Å². The van der Waals surface area contributed by atoms with Gasteiger partial charge in [-0.05, 0) is 55.4 Å². The molecule has 0 saturated carbocycles. The second-order valence-corrected chi connectivity index (χ2v) is 7.37. The van der Waals surface area contributed by atoms with Crippen LogP contribution in [-0.2, 0) is 20.9 Å². The van der Waals surface area contributed by atoms with E-state index in [1.54, 1.807) is 55.3 Å². The Hall–Kier alpha value is -3.26. The quantitative estimate of drug-likeness (QED) is 0.643. The van der Waals surface area contributed by atoms with Gasteiger partial charge in [-0.25, -0.2) is 4.39 Å². The fraction of sp³-hybridized carbons (Fsp3) is 0.348. The van der Waals surface area contributed by atoms with Gasteiger partial charge in [-0.15, -0.1) is 0 Å². The number of nitrogens with zero attached hydrogens (tertiary/aromatic N) is 2. The number of amides is 3. The molecule has 2 N–H and O–H groups in total. The molecule has 0 heterocycles. The number of rotatable bonds is 9. The van der Waals surface area contributed by atoms with Crippen LogP contribution >= 0.6 is 0 Å². The zero-order valence-electron chi connectivity index (χ0n) is 18.3. The van der Waals surface area contributed by atoms with Crippen LogP contribution in [-0.4, -0.2) is 53.7 Å².